The van der Waals surface area contributed by atoms with Crippen molar-refractivity contribution in [3.05, 3.63) is 18.2 Å². The summed E-state index contributed by atoms with van der Waals surface area (Å²) in [6, 6.07) is 1.40. The Morgan fingerprint density at radius 1 is 1.45 bits per heavy atom. The normalized spacial score (nSPS) is 15.7. The molecule has 0 saturated carbocycles. The van der Waals surface area contributed by atoms with Crippen LogP contribution in [0.1, 0.15) is 18.9 Å². The van der Waals surface area contributed by atoms with Gasteiger partial charge in [-0.1, -0.05) is 11.8 Å². The Morgan fingerprint density at radius 2 is 2.32 bits per heavy atom. The molecule has 0 bridgehead atoms. The number of aromatic nitrogens is 4. The molecule has 2 aromatic heterocycles. The first-order valence-electron chi connectivity index (χ1n) is 6.58. The highest BCUT2D eigenvalue weighted by Gasteiger charge is 2.25. The van der Waals surface area contributed by atoms with Gasteiger partial charge in [-0.3, -0.25) is 4.90 Å². The van der Waals surface area contributed by atoms with Gasteiger partial charge in [-0.25, -0.2) is 9.78 Å². The van der Waals surface area contributed by atoms with E-state index in [-0.39, 0.29) is 6.04 Å². The molecule has 1 fully saturated rings. The van der Waals surface area contributed by atoms with Gasteiger partial charge in [0.25, 0.3) is 5.22 Å². The Hall–Kier alpha value is -2.36. The lowest BCUT2D eigenvalue weighted by atomic mass is 10.3. The van der Waals surface area contributed by atoms with Gasteiger partial charge in [-0.05, 0) is 19.2 Å². The molecule has 9 nitrogen and oxygen atoms in total. The maximum atomic E-state index is 11.6. The monoisotopic (exact) mass is 322 g/mol. The summed E-state index contributed by atoms with van der Waals surface area (Å²) in [5, 5.41) is 11.4. The van der Waals surface area contributed by atoms with Crippen LogP contribution in [0.25, 0.3) is 0 Å². The Kier molecular flexibility index (Phi) is 4.09. The number of hydrogen-bond acceptors (Lipinski definition) is 9. The largest absolute Gasteiger partial charge is 0.447 e. The van der Waals surface area contributed by atoms with E-state index in [4.69, 9.17) is 9.15 Å². The quantitative estimate of drug-likeness (QED) is 0.823. The summed E-state index contributed by atoms with van der Waals surface area (Å²) >= 11 is 1.38. The minimum atomic E-state index is -0.404. The average Bonchev–Trinajstić information content (AvgIpc) is 3.16. The number of nitrogens with one attached hydrogen (secondary N) is 1. The first-order valence-corrected chi connectivity index (χ1v) is 7.81. The second-order valence-corrected chi connectivity index (χ2v) is 5.24. The van der Waals surface area contributed by atoms with E-state index >= 15 is 0 Å². The summed E-state index contributed by atoms with van der Waals surface area (Å²) in [6.07, 6.45) is 3.03. The van der Waals surface area contributed by atoms with Crippen LogP contribution in [0.5, 0.6) is 0 Å². The number of thioether (sulfide) groups is 1. The number of rotatable bonds is 5. The lowest BCUT2D eigenvalue weighted by Crippen LogP contribution is -2.25. The van der Waals surface area contributed by atoms with Gasteiger partial charge in [0.15, 0.2) is 0 Å². The van der Waals surface area contributed by atoms with Gasteiger partial charge >= 0.3 is 6.09 Å². The zero-order chi connectivity index (χ0) is 15.5. The topological polar surface area (TPSA) is 106 Å². The van der Waals surface area contributed by atoms with Crippen LogP contribution in [0.4, 0.5) is 16.6 Å². The van der Waals surface area contributed by atoms with Crippen LogP contribution in [0.3, 0.4) is 0 Å². The standard InChI is InChI=1S/C12H14N6O3S/c1-7(9-16-17-11(21-9)22-2)14-10-13-4-3-8(15-10)18-5-6-20-12(18)19/h3-4,7H,5-6H2,1-2H3,(H,13,14,15)/t7-/m0/s1. The van der Waals surface area contributed by atoms with Crippen LogP contribution < -0.4 is 10.2 Å². The third-order valence-corrected chi connectivity index (χ3v) is 3.51. The number of carbonyl (C=O) groups excluding carboxylic acids is 1. The molecule has 116 valence electrons. The smallest absolute Gasteiger partial charge is 0.415 e. The van der Waals surface area contributed by atoms with Crippen LogP contribution >= 0.6 is 11.8 Å². The third kappa shape index (κ3) is 2.96. The molecule has 10 heteroatoms. The first-order chi connectivity index (χ1) is 10.7. The van der Waals surface area contributed by atoms with E-state index in [1.807, 2.05) is 13.2 Å². The summed E-state index contributed by atoms with van der Waals surface area (Å²) in [6.45, 7) is 2.70. The van der Waals surface area contributed by atoms with Crippen LogP contribution in [0, 0.1) is 0 Å². The zero-order valence-corrected chi connectivity index (χ0v) is 12.8. The Labute approximate surface area is 130 Å². The molecule has 1 aliphatic heterocycles. The second-order valence-electron chi connectivity index (χ2n) is 4.48. The van der Waals surface area contributed by atoms with Crippen molar-refractivity contribution in [3.63, 3.8) is 0 Å². The number of hydrogen-bond donors (Lipinski definition) is 1. The molecule has 0 aliphatic carbocycles. The molecule has 0 aromatic carbocycles. The maximum absolute atomic E-state index is 11.6. The predicted molar refractivity (Wildman–Crippen MR) is 78.8 cm³/mol. The van der Waals surface area contributed by atoms with E-state index in [1.165, 1.54) is 16.7 Å². The lowest BCUT2D eigenvalue weighted by molar-refractivity contribution is 0.181. The highest BCUT2D eigenvalue weighted by Crippen LogP contribution is 2.21. The van der Waals surface area contributed by atoms with Crippen molar-refractivity contribution >= 4 is 29.6 Å². The summed E-state index contributed by atoms with van der Waals surface area (Å²) in [4.78, 5) is 21.4. The molecule has 1 atom stereocenters. The van der Waals surface area contributed by atoms with Crippen LogP contribution in [0.2, 0.25) is 0 Å². The van der Waals surface area contributed by atoms with Crippen molar-refractivity contribution in [2.75, 3.05) is 29.6 Å². The minimum absolute atomic E-state index is 0.255. The Balaban J connectivity index is 1.73. The van der Waals surface area contributed by atoms with Gasteiger partial charge in [0.2, 0.25) is 11.8 Å². The highest BCUT2D eigenvalue weighted by atomic mass is 32.2. The number of ether oxygens (including phenoxy) is 1. The van der Waals surface area contributed by atoms with Crippen molar-refractivity contribution in [3.8, 4) is 0 Å². The Morgan fingerprint density at radius 3 is 3.00 bits per heavy atom. The van der Waals surface area contributed by atoms with Gasteiger partial charge in [0.1, 0.15) is 18.5 Å². The minimum Gasteiger partial charge on any atom is -0.447 e. The molecule has 3 heterocycles. The molecule has 3 rings (SSSR count). The van der Waals surface area contributed by atoms with Crippen molar-refractivity contribution in [1.29, 1.82) is 0 Å². The molecule has 2 aromatic rings. The SMILES string of the molecule is CSc1nnc([C@H](C)Nc2nccc(N3CCOC3=O)n2)o1. The molecule has 1 saturated heterocycles. The van der Waals surface area contributed by atoms with Crippen molar-refractivity contribution in [2.24, 2.45) is 0 Å². The third-order valence-electron chi connectivity index (χ3n) is 2.99. The lowest BCUT2D eigenvalue weighted by Gasteiger charge is -2.14. The van der Waals surface area contributed by atoms with E-state index < -0.39 is 6.09 Å². The van der Waals surface area contributed by atoms with Gasteiger partial charge in [-0.15, -0.1) is 10.2 Å². The Bertz CT molecular complexity index is 678. The maximum Gasteiger partial charge on any atom is 0.415 e. The molecule has 0 radical (unpaired) electrons. The molecule has 1 amide bonds. The van der Waals surface area contributed by atoms with Gasteiger partial charge in [0.05, 0.1) is 6.54 Å². The average molecular weight is 322 g/mol. The van der Waals surface area contributed by atoms with Crippen LogP contribution in [0.15, 0.2) is 21.9 Å². The number of anilines is 2. The molecule has 0 unspecified atom stereocenters. The molecule has 22 heavy (non-hydrogen) atoms. The van der Waals surface area contributed by atoms with Crippen LogP contribution in [-0.2, 0) is 4.74 Å². The molecule has 1 N–H and O–H groups in total. The van der Waals surface area contributed by atoms with Crippen molar-refractivity contribution in [2.45, 2.75) is 18.2 Å². The molecular weight excluding hydrogens is 308 g/mol. The zero-order valence-electron chi connectivity index (χ0n) is 12.0. The summed E-state index contributed by atoms with van der Waals surface area (Å²) in [5.74, 6) is 1.30. The van der Waals surface area contributed by atoms with Gasteiger partial charge < -0.3 is 14.5 Å². The number of nitrogens with zero attached hydrogens (tertiary/aromatic N) is 5. The van der Waals surface area contributed by atoms with E-state index in [2.05, 4.69) is 25.5 Å². The summed E-state index contributed by atoms with van der Waals surface area (Å²) in [7, 11) is 0. The molecular formula is C12H14N6O3S. The number of amides is 1. The fourth-order valence-electron chi connectivity index (χ4n) is 1.90. The number of cyclic esters (lactones) is 1. The van der Waals surface area contributed by atoms with Crippen molar-refractivity contribution < 1.29 is 13.9 Å². The fraction of sp³-hybridized carbons (Fsp3) is 0.417. The number of carbonyl (C=O) groups is 1. The predicted octanol–water partition coefficient (Wildman–Crippen LogP) is 1.71. The van der Waals surface area contributed by atoms with Gasteiger partial charge in [0, 0.05) is 6.20 Å². The highest BCUT2D eigenvalue weighted by molar-refractivity contribution is 7.98. The van der Waals surface area contributed by atoms with Crippen LogP contribution in [-0.4, -0.2) is 45.7 Å². The van der Waals surface area contributed by atoms with E-state index in [9.17, 15) is 4.79 Å². The van der Waals surface area contributed by atoms with E-state index in [0.29, 0.717) is 36.0 Å². The van der Waals surface area contributed by atoms with Crippen molar-refractivity contribution in [1.82, 2.24) is 20.2 Å². The molecule has 0 spiro atoms. The summed E-state index contributed by atoms with van der Waals surface area (Å²) in [5.41, 5.74) is 0. The second kappa shape index (κ2) is 6.18. The van der Waals surface area contributed by atoms with E-state index in [0.717, 1.165) is 0 Å². The fourth-order valence-corrected chi connectivity index (χ4v) is 2.20. The van der Waals surface area contributed by atoms with E-state index in [1.54, 1.807) is 12.3 Å². The first kappa shape index (κ1) is 14.6. The van der Waals surface area contributed by atoms with Gasteiger partial charge in [-0.2, -0.15) is 4.98 Å². The molecule has 1 aliphatic rings. The summed E-state index contributed by atoms with van der Waals surface area (Å²) < 4.78 is 10.3.